The van der Waals surface area contributed by atoms with Crippen LogP contribution in [0, 0.1) is 12.8 Å². The number of hydrogen-bond acceptors (Lipinski definition) is 3. The standard InChI is InChI=1S/C19H19N3O3/c1-12-5-4-6-14(9-12)22-11-13(10-17(22)23)19(25)21-16-8-3-2-7-15(16)18(20)24/h2-9,13H,10-11H2,1H3,(H2,20,24)(H,21,25)/t13-/m1/s1. The summed E-state index contributed by atoms with van der Waals surface area (Å²) in [6.45, 7) is 2.27. The summed E-state index contributed by atoms with van der Waals surface area (Å²) in [5.41, 5.74) is 7.77. The van der Waals surface area contributed by atoms with E-state index in [4.69, 9.17) is 5.73 Å². The zero-order chi connectivity index (χ0) is 18.0. The molecule has 1 fully saturated rings. The highest BCUT2D eigenvalue weighted by atomic mass is 16.2. The van der Waals surface area contributed by atoms with Crippen LogP contribution in [0.2, 0.25) is 0 Å². The van der Waals surface area contributed by atoms with Gasteiger partial charge in [0.25, 0.3) is 5.91 Å². The lowest BCUT2D eigenvalue weighted by Gasteiger charge is -2.17. The summed E-state index contributed by atoms with van der Waals surface area (Å²) in [6, 6.07) is 14.2. The topological polar surface area (TPSA) is 92.5 Å². The molecule has 1 atom stereocenters. The lowest BCUT2D eigenvalue weighted by atomic mass is 10.1. The summed E-state index contributed by atoms with van der Waals surface area (Å²) in [7, 11) is 0. The van der Waals surface area contributed by atoms with Crippen molar-refractivity contribution < 1.29 is 14.4 Å². The van der Waals surface area contributed by atoms with E-state index in [-0.39, 0.29) is 23.8 Å². The molecular weight excluding hydrogens is 318 g/mol. The maximum atomic E-state index is 12.5. The monoisotopic (exact) mass is 337 g/mol. The van der Waals surface area contributed by atoms with Gasteiger partial charge in [-0.3, -0.25) is 14.4 Å². The van der Waals surface area contributed by atoms with Gasteiger partial charge in [-0.2, -0.15) is 0 Å². The van der Waals surface area contributed by atoms with Crippen molar-refractivity contribution in [2.75, 3.05) is 16.8 Å². The zero-order valence-corrected chi connectivity index (χ0v) is 13.9. The molecule has 1 aliphatic heterocycles. The van der Waals surface area contributed by atoms with Gasteiger partial charge in [-0.25, -0.2) is 0 Å². The number of nitrogens with two attached hydrogens (primary N) is 1. The van der Waals surface area contributed by atoms with Crippen molar-refractivity contribution in [3.63, 3.8) is 0 Å². The van der Waals surface area contributed by atoms with E-state index in [1.807, 2.05) is 31.2 Å². The number of aryl methyl sites for hydroxylation is 1. The second kappa shape index (κ2) is 6.76. The third-order valence-corrected chi connectivity index (χ3v) is 4.26. The van der Waals surface area contributed by atoms with Crippen molar-refractivity contribution in [3.05, 3.63) is 59.7 Å². The van der Waals surface area contributed by atoms with E-state index in [1.54, 1.807) is 29.2 Å². The molecule has 0 spiro atoms. The SMILES string of the molecule is Cc1cccc(N2C[C@H](C(=O)Nc3ccccc3C(N)=O)CC2=O)c1. The number of anilines is 2. The highest BCUT2D eigenvalue weighted by Gasteiger charge is 2.35. The molecule has 2 aromatic rings. The number of nitrogens with zero attached hydrogens (tertiary/aromatic N) is 1. The van der Waals surface area contributed by atoms with Crippen LogP contribution in [-0.4, -0.2) is 24.3 Å². The van der Waals surface area contributed by atoms with Gasteiger partial charge >= 0.3 is 0 Å². The molecule has 2 aromatic carbocycles. The van der Waals surface area contributed by atoms with Crippen LogP contribution in [0.1, 0.15) is 22.3 Å². The summed E-state index contributed by atoms with van der Waals surface area (Å²) in [4.78, 5) is 37.9. The van der Waals surface area contributed by atoms with Crippen LogP contribution in [0.25, 0.3) is 0 Å². The molecule has 0 aliphatic carbocycles. The first-order valence-corrected chi connectivity index (χ1v) is 8.02. The molecule has 1 saturated heterocycles. The Balaban J connectivity index is 1.74. The number of benzene rings is 2. The number of carbonyl (C=O) groups is 3. The van der Waals surface area contributed by atoms with Crippen LogP contribution in [0.3, 0.4) is 0 Å². The van der Waals surface area contributed by atoms with Gasteiger partial charge in [0.15, 0.2) is 0 Å². The van der Waals surface area contributed by atoms with E-state index in [9.17, 15) is 14.4 Å². The smallest absolute Gasteiger partial charge is 0.250 e. The van der Waals surface area contributed by atoms with Crippen LogP contribution >= 0.6 is 0 Å². The minimum Gasteiger partial charge on any atom is -0.366 e. The fourth-order valence-electron chi connectivity index (χ4n) is 2.97. The van der Waals surface area contributed by atoms with Gasteiger partial charge in [0.1, 0.15) is 0 Å². The van der Waals surface area contributed by atoms with Crippen molar-refractivity contribution in [2.45, 2.75) is 13.3 Å². The van der Waals surface area contributed by atoms with Gasteiger partial charge in [-0.15, -0.1) is 0 Å². The van der Waals surface area contributed by atoms with E-state index in [1.165, 1.54) is 0 Å². The predicted octanol–water partition coefficient (Wildman–Crippen LogP) is 2.09. The quantitative estimate of drug-likeness (QED) is 0.894. The fourth-order valence-corrected chi connectivity index (χ4v) is 2.97. The summed E-state index contributed by atoms with van der Waals surface area (Å²) in [5.74, 6) is -1.47. The molecule has 25 heavy (non-hydrogen) atoms. The molecule has 3 amide bonds. The minimum absolute atomic E-state index is 0.0889. The van der Waals surface area contributed by atoms with Crippen molar-refractivity contribution >= 4 is 29.1 Å². The second-order valence-corrected chi connectivity index (χ2v) is 6.14. The minimum atomic E-state index is -0.611. The molecule has 6 nitrogen and oxygen atoms in total. The second-order valence-electron chi connectivity index (χ2n) is 6.14. The first-order chi connectivity index (χ1) is 12.0. The number of rotatable bonds is 4. The molecule has 0 bridgehead atoms. The third kappa shape index (κ3) is 3.52. The Morgan fingerprint density at radius 1 is 1.16 bits per heavy atom. The van der Waals surface area contributed by atoms with Crippen molar-refractivity contribution in [1.82, 2.24) is 0 Å². The molecule has 6 heteroatoms. The van der Waals surface area contributed by atoms with Crippen LogP contribution in [-0.2, 0) is 9.59 Å². The van der Waals surface area contributed by atoms with Crippen molar-refractivity contribution in [3.8, 4) is 0 Å². The number of primary amides is 1. The Morgan fingerprint density at radius 3 is 2.64 bits per heavy atom. The van der Waals surface area contributed by atoms with E-state index in [0.717, 1.165) is 11.3 Å². The Hall–Kier alpha value is -3.15. The lowest BCUT2D eigenvalue weighted by molar-refractivity contribution is -0.122. The zero-order valence-electron chi connectivity index (χ0n) is 13.9. The van der Waals surface area contributed by atoms with Crippen LogP contribution in [0.15, 0.2) is 48.5 Å². The molecule has 128 valence electrons. The van der Waals surface area contributed by atoms with Crippen molar-refractivity contribution in [2.24, 2.45) is 11.7 Å². The molecule has 3 N–H and O–H groups in total. The number of carbonyl (C=O) groups excluding carboxylic acids is 3. The highest BCUT2D eigenvalue weighted by molar-refractivity contribution is 6.06. The maximum Gasteiger partial charge on any atom is 0.250 e. The number of nitrogens with one attached hydrogen (secondary N) is 1. The molecule has 1 aliphatic rings. The maximum absolute atomic E-state index is 12.5. The molecule has 1 heterocycles. The average Bonchev–Trinajstić information content (AvgIpc) is 2.97. The molecule has 0 saturated carbocycles. The third-order valence-electron chi connectivity index (χ3n) is 4.26. The lowest BCUT2D eigenvalue weighted by Crippen LogP contribution is -2.28. The Kier molecular flexibility index (Phi) is 4.52. The molecule has 0 radical (unpaired) electrons. The molecular formula is C19H19N3O3. The van der Waals surface area contributed by atoms with E-state index >= 15 is 0 Å². The van der Waals surface area contributed by atoms with Gasteiger partial charge in [0.2, 0.25) is 11.8 Å². The summed E-state index contributed by atoms with van der Waals surface area (Å²) >= 11 is 0. The van der Waals surface area contributed by atoms with Gasteiger partial charge in [-0.1, -0.05) is 24.3 Å². The Morgan fingerprint density at radius 2 is 1.92 bits per heavy atom. The fraction of sp³-hybridized carbons (Fsp3) is 0.211. The predicted molar refractivity (Wildman–Crippen MR) is 95.2 cm³/mol. The van der Waals surface area contributed by atoms with Crippen LogP contribution < -0.4 is 16.0 Å². The first-order valence-electron chi connectivity index (χ1n) is 8.02. The van der Waals surface area contributed by atoms with Gasteiger partial charge in [0.05, 0.1) is 17.2 Å². The highest BCUT2D eigenvalue weighted by Crippen LogP contribution is 2.27. The summed E-state index contributed by atoms with van der Waals surface area (Å²) < 4.78 is 0. The average molecular weight is 337 g/mol. The number of hydrogen-bond donors (Lipinski definition) is 2. The molecule has 3 rings (SSSR count). The number of amides is 3. The summed E-state index contributed by atoms with van der Waals surface area (Å²) in [6.07, 6.45) is 0.137. The van der Waals surface area contributed by atoms with Crippen molar-refractivity contribution in [1.29, 1.82) is 0 Å². The van der Waals surface area contributed by atoms with Crippen LogP contribution in [0.5, 0.6) is 0 Å². The van der Waals surface area contributed by atoms with Gasteiger partial charge in [-0.05, 0) is 36.8 Å². The Bertz CT molecular complexity index is 847. The number of para-hydroxylation sites is 1. The normalized spacial score (nSPS) is 16.8. The van der Waals surface area contributed by atoms with E-state index in [2.05, 4.69) is 5.32 Å². The molecule has 0 unspecified atom stereocenters. The first kappa shape index (κ1) is 16.7. The van der Waals surface area contributed by atoms with Gasteiger partial charge < -0.3 is 16.0 Å². The molecule has 0 aromatic heterocycles. The summed E-state index contributed by atoms with van der Waals surface area (Å²) in [5, 5.41) is 2.72. The van der Waals surface area contributed by atoms with E-state index in [0.29, 0.717) is 12.2 Å². The van der Waals surface area contributed by atoms with Crippen LogP contribution in [0.4, 0.5) is 11.4 Å². The van der Waals surface area contributed by atoms with E-state index < -0.39 is 11.8 Å². The van der Waals surface area contributed by atoms with Gasteiger partial charge in [0, 0.05) is 18.7 Å². The largest absolute Gasteiger partial charge is 0.366 e. The Labute approximate surface area is 145 Å².